The molecule has 4 heteroatoms. The quantitative estimate of drug-likeness (QED) is 0.840. The fourth-order valence-electron chi connectivity index (χ4n) is 2.78. The first-order valence-electron chi connectivity index (χ1n) is 7.27. The fourth-order valence-corrected chi connectivity index (χ4v) is 2.78. The highest BCUT2D eigenvalue weighted by Gasteiger charge is 2.25. The molecule has 0 amide bonds. The molecule has 0 aliphatic rings. The second kappa shape index (κ2) is 6.56. The first-order chi connectivity index (χ1) is 9.58. The molecule has 0 radical (unpaired) electrons. The van der Waals surface area contributed by atoms with Crippen LogP contribution in [-0.2, 0) is 6.54 Å². The zero-order valence-electron chi connectivity index (χ0n) is 14.3. The van der Waals surface area contributed by atoms with Crippen molar-refractivity contribution in [1.29, 1.82) is 0 Å². The Kier molecular flexibility index (Phi) is 5.51. The van der Waals surface area contributed by atoms with E-state index in [0.29, 0.717) is 18.0 Å². The molecule has 0 atom stereocenters. The summed E-state index contributed by atoms with van der Waals surface area (Å²) in [6.45, 7) is 11.8. The van der Waals surface area contributed by atoms with Crippen LogP contribution in [0.1, 0.15) is 46.6 Å². The number of rotatable bonds is 6. The normalized spacial score (nSPS) is 12.3. The molecule has 0 heterocycles. The van der Waals surface area contributed by atoms with Crippen LogP contribution in [0, 0.1) is 5.41 Å². The zero-order valence-corrected chi connectivity index (χ0v) is 14.3. The van der Waals surface area contributed by atoms with Crippen LogP contribution in [0.2, 0.25) is 0 Å². The molecular weight excluding hydrogens is 266 g/mol. The average Bonchev–Trinajstić information content (AvgIpc) is 2.34. The van der Waals surface area contributed by atoms with Gasteiger partial charge in [-0.2, -0.15) is 0 Å². The monoisotopic (exact) mass is 295 g/mol. The molecule has 0 aliphatic heterocycles. The van der Waals surface area contributed by atoms with Gasteiger partial charge >= 0.3 is 0 Å². The van der Waals surface area contributed by atoms with Gasteiger partial charge < -0.3 is 19.9 Å². The van der Waals surface area contributed by atoms with E-state index in [0.717, 1.165) is 12.0 Å². The maximum atomic E-state index is 9.92. The van der Waals surface area contributed by atoms with Crippen molar-refractivity contribution in [2.45, 2.75) is 53.1 Å². The minimum absolute atomic E-state index is 0.0244. The number of hydrogen-bond donors (Lipinski definition) is 2. The van der Waals surface area contributed by atoms with Crippen LogP contribution in [0.15, 0.2) is 12.1 Å². The van der Waals surface area contributed by atoms with Crippen molar-refractivity contribution in [1.82, 2.24) is 5.32 Å². The minimum atomic E-state index is 0.0244. The van der Waals surface area contributed by atoms with Gasteiger partial charge in [0.05, 0.1) is 14.2 Å². The highest BCUT2D eigenvalue weighted by Crippen LogP contribution is 2.37. The van der Waals surface area contributed by atoms with Crippen LogP contribution < -0.4 is 14.8 Å². The highest BCUT2D eigenvalue weighted by atomic mass is 16.5. The van der Waals surface area contributed by atoms with Crippen molar-refractivity contribution >= 4 is 0 Å². The van der Waals surface area contributed by atoms with E-state index in [1.54, 1.807) is 0 Å². The summed E-state index contributed by atoms with van der Waals surface area (Å²) < 4.78 is 10.4. The second-order valence-corrected chi connectivity index (χ2v) is 7.32. The average molecular weight is 295 g/mol. The van der Waals surface area contributed by atoms with Crippen LogP contribution in [0.5, 0.6) is 17.2 Å². The summed E-state index contributed by atoms with van der Waals surface area (Å²) in [6.07, 6.45) is 1.06. The smallest absolute Gasteiger partial charge is 0.200 e. The van der Waals surface area contributed by atoms with Gasteiger partial charge in [-0.25, -0.2) is 0 Å². The van der Waals surface area contributed by atoms with E-state index in [9.17, 15) is 5.11 Å². The minimum Gasteiger partial charge on any atom is -0.502 e. The van der Waals surface area contributed by atoms with Gasteiger partial charge in [-0.1, -0.05) is 20.8 Å². The molecule has 0 saturated heterocycles. The molecule has 1 aromatic rings. The summed E-state index contributed by atoms with van der Waals surface area (Å²) >= 11 is 0. The van der Waals surface area contributed by atoms with Gasteiger partial charge in [0.2, 0.25) is 5.75 Å². The number of ether oxygens (including phenoxy) is 2. The van der Waals surface area contributed by atoms with Crippen molar-refractivity contribution in [3.8, 4) is 17.2 Å². The molecular formula is C17H29NO3. The summed E-state index contributed by atoms with van der Waals surface area (Å²) in [7, 11) is 3.07. The third-order valence-electron chi connectivity index (χ3n) is 3.28. The molecule has 4 nitrogen and oxygen atoms in total. The Hall–Kier alpha value is -1.42. The van der Waals surface area contributed by atoms with E-state index in [4.69, 9.17) is 9.47 Å². The Morgan fingerprint density at radius 2 is 1.48 bits per heavy atom. The number of phenols is 1. The van der Waals surface area contributed by atoms with Crippen molar-refractivity contribution in [2.24, 2.45) is 5.41 Å². The SMILES string of the molecule is COc1cc(CNC(C)(C)CC(C)(C)C)cc(OC)c1O. The Labute approximate surface area is 128 Å². The van der Waals surface area contributed by atoms with Gasteiger partial charge in [-0.05, 0) is 43.4 Å². The molecule has 0 fully saturated rings. The van der Waals surface area contributed by atoms with Crippen LogP contribution in [0.25, 0.3) is 0 Å². The molecule has 120 valence electrons. The molecule has 0 bridgehead atoms. The lowest BCUT2D eigenvalue weighted by Gasteiger charge is -2.33. The van der Waals surface area contributed by atoms with Crippen LogP contribution >= 0.6 is 0 Å². The van der Waals surface area contributed by atoms with E-state index in [2.05, 4.69) is 39.9 Å². The lowest BCUT2D eigenvalue weighted by Crippen LogP contribution is -2.41. The molecule has 1 aromatic carbocycles. The molecule has 0 aromatic heterocycles. The maximum Gasteiger partial charge on any atom is 0.200 e. The summed E-state index contributed by atoms with van der Waals surface area (Å²) in [5.74, 6) is 0.900. The molecule has 0 aliphatic carbocycles. The molecule has 0 unspecified atom stereocenters. The lowest BCUT2D eigenvalue weighted by atomic mass is 9.82. The van der Waals surface area contributed by atoms with E-state index in [-0.39, 0.29) is 16.7 Å². The molecule has 0 spiro atoms. The number of benzene rings is 1. The topological polar surface area (TPSA) is 50.7 Å². The summed E-state index contributed by atoms with van der Waals surface area (Å²) in [6, 6.07) is 3.66. The predicted octanol–water partition coefficient (Wildman–Crippen LogP) is 3.71. The van der Waals surface area contributed by atoms with Crippen LogP contribution in [0.4, 0.5) is 0 Å². The standard InChI is InChI=1S/C17H29NO3/c1-16(2,3)11-17(4,5)18-10-12-8-13(20-6)15(19)14(9-12)21-7/h8-9,18-19H,10-11H2,1-7H3. The summed E-state index contributed by atoms with van der Waals surface area (Å²) in [4.78, 5) is 0. The van der Waals surface area contributed by atoms with Crippen LogP contribution in [0.3, 0.4) is 0 Å². The Bertz CT molecular complexity index is 450. The lowest BCUT2D eigenvalue weighted by molar-refractivity contribution is 0.240. The van der Waals surface area contributed by atoms with Gasteiger partial charge in [0.1, 0.15) is 0 Å². The van der Waals surface area contributed by atoms with Crippen molar-refractivity contribution in [3.63, 3.8) is 0 Å². The molecule has 1 rings (SSSR count). The summed E-state index contributed by atoms with van der Waals surface area (Å²) in [5, 5.41) is 13.5. The predicted molar refractivity (Wildman–Crippen MR) is 86.2 cm³/mol. The van der Waals surface area contributed by atoms with Gasteiger partial charge in [0.15, 0.2) is 11.5 Å². The van der Waals surface area contributed by atoms with Gasteiger partial charge in [0, 0.05) is 12.1 Å². The fraction of sp³-hybridized carbons (Fsp3) is 0.647. The third kappa shape index (κ3) is 5.46. The van der Waals surface area contributed by atoms with Gasteiger partial charge in [-0.15, -0.1) is 0 Å². The first kappa shape index (κ1) is 17.6. The number of aromatic hydroxyl groups is 1. The number of phenolic OH excluding ortho intramolecular Hbond substituents is 1. The molecule has 21 heavy (non-hydrogen) atoms. The number of nitrogens with one attached hydrogen (secondary N) is 1. The first-order valence-corrected chi connectivity index (χ1v) is 7.27. The van der Waals surface area contributed by atoms with Gasteiger partial charge in [-0.3, -0.25) is 0 Å². The Morgan fingerprint density at radius 1 is 1.00 bits per heavy atom. The van der Waals surface area contributed by atoms with Crippen molar-refractivity contribution < 1.29 is 14.6 Å². The van der Waals surface area contributed by atoms with Gasteiger partial charge in [0.25, 0.3) is 0 Å². The van der Waals surface area contributed by atoms with E-state index < -0.39 is 0 Å². The second-order valence-electron chi connectivity index (χ2n) is 7.32. The maximum absolute atomic E-state index is 9.92. The summed E-state index contributed by atoms with van der Waals surface area (Å²) in [5.41, 5.74) is 1.31. The Balaban J connectivity index is 2.84. The van der Waals surface area contributed by atoms with Crippen molar-refractivity contribution in [2.75, 3.05) is 14.2 Å². The van der Waals surface area contributed by atoms with Crippen LogP contribution in [-0.4, -0.2) is 24.9 Å². The molecule has 2 N–H and O–H groups in total. The largest absolute Gasteiger partial charge is 0.502 e. The van der Waals surface area contributed by atoms with E-state index in [1.807, 2.05) is 12.1 Å². The van der Waals surface area contributed by atoms with E-state index >= 15 is 0 Å². The highest BCUT2D eigenvalue weighted by molar-refractivity contribution is 5.52. The number of methoxy groups -OCH3 is 2. The van der Waals surface area contributed by atoms with E-state index in [1.165, 1.54) is 14.2 Å². The number of hydrogen-bond acceptors (Lipinski definition) is 4. The van der Waals surface area contributed by atoms with Crippen molar-refractivity contribution in [3.05, 3.63) is 17.7 Å². The third-order valence-corrected chi connectivity index (χ3v) is 3.28. The molecule has 0 saturated carbocycles. The Morgan fingerprint density at radius 3 is 1.86 bits per heavy atom. The zero-order chi connectivity index (χ0) is 16.3.